The third-order valence-corrected chi connectivity index (χ3v) is 3.95. The van der Waals surface area contributed by atoms with Gasteiger partial charge in [-0.1, -0.05) is 5.16 Å². The molecule has 1 fully saturated rings. The number of nitrogens with one attached hydrogen (secondary N) is 1. The van der Waals surface area contributed by atoms with Crippen LogP contribution in [0.2, 0.25) is 0 Å². The fourth-order valence-electron chi connectivity index (χ4n) is 2.71. The van der Waals surface area contributed by atoms with Crippen molar-refractivity contribution in [3.05, 3.63) is 41.2 Å². The molecule has 3 rings (SSSR count). The number of aromatic nitrogens is 1. The largest absolute Gasteiger partial charge is 0.472 e. The molecule has 1 amide bonds. The SMILES string of the molecule is Cc1noc(C)c1CN1CC[C@@H](NC(=O)c2ccoc2)C1. The number of aryl methyl sites for hydroxylation is 2. The van der Waals surface area contributed by atoms with Crippen molar-refractivity contribution < 1.29 is 13.7 Å². The zero-order chi connectivity index (χ0) is 14.8. The molecule has 0 spiro atoms. The average Bonchev–Trinajstić information content (AvgIpc) is 3.17. The normalized spacial score (nSPS) is 19.0. The van der Waals surface area contributed by atoms with Crippen LogP contribution >= 0.6 is 0 Å². The minimum atomic E-state index is -0.0760. The van der Waals surface area contributed by atoms with E-state index in [2.05, 4.69) is 15.4 Å². The molecule has 1 N–H and O–H groups in total. The van der Waals surface area contributed by atoms with Crippen LogP contribution in [-0.4, -0.2) is 35.1 Å². The fraction of sp³-hybridized carbons (Fsp3) is 0.467. The van der Waals surface area contributed by atoms with E-state index in [-0.39, 0.29) is 11.9 Å². The number of hydrogen-bond acceptors (Lipinski definition) is 5. The molecule has 0 bridgehead atoms. The summed E-state index contributed by atoms with van der Waals surface area (Å²) in [6, 6.07) is 1.85. The highest BCUT2D eigenvalue weighted by Gasteiger charge is 2.26. The molecule has 112 valence electrons. The number of rotatable bonds is 4. The smallest absolute Gasteiger partial charge is 0.254 e. The number of carbonyl (C=O) groups excluding carboxylic acids is 1. The zero-order valence-electron chi connectivity index (χ0n) is 12.3. The second-order valence-corrected chi connectivity index (χ2v) is 5.51. The van der Waals surface area contributed by atoms with Crippen molar-refractivity contribution in [1.29, 1.82) is 0 Å². The predicted molar refractivity (Wildman–Crippen MR) is 75.8 cm³/mol. The van der Waals surface area contributed by atoms with Crippen LogP contribution in [0.3, 0.4) is 0 Å². The molecule has 6 nitrogen and oxygen atoms in total. The Kier molecular flexibility index (Phi) is 3.79. The maximum absolute atomic E-state index is 12.0. The molecule has 3 heterocycles. The highest BCUT2D eigenvalue weighted by molar-refractivity contribution is 5.93. The molecule has 0 aromatic carbocycles. The van der Waals surface area contributed by atoms with Gasteiger partial charge in [-0.25, -0.2) is 0 Å². The number of furan rings is 1. The topological polar surface area (TPSA) is 71.5 Å². The first-order valence-corrected chi connectivity index (χ1v) is 7.10. The molecule has 0 unspecified atom stereocenters. The van der Waals surface area contributed by atoms with Crippen LogP contribution in [0.5, 0.6) is 0 Å². The maximum atomic E-state index is 12.0. The summed E-state index contributed by atoms with van der Waals surface area (Å²) in [4.78, 5) is 14.3. The summed E-state index contributed by atoms with van der Waals surface area (Å²) in [5.74, 6) is 0.798. The third-order valence-electron chi connectivity index (χ3n) is 3.95. The van der Waals surface area contributed by atoms with E-state index in [9.17, 15) is 4.79 Å². The van der Waals surface area contributed by atoms with E-state index in [1.165, 1.54) is 12.5 Å². The van der Waals surface area contributed by atoms with Crippen molar-refractivity contribution >= 4 is 5.91 Å². The van der Waals surface area contributed by atoms with Crippen LogP contribution in [0.15, 0.2) is 27.5 Å². The number of amides is 1. The second kappa shape index (κ2) is 5.73. The molecule has 2 aromatic heterocycles. The summed E-state index contributed by atoms with van der Waals surface area (Å²) < 4.78 is 10.1. The van der Waals surface area contributed by atoms with Crippen LogP contribution < -0.4 is 5.32 Å². The van der Waals surface area contributed by atoms with E-state index in [0.29, 0.717) is 5.56 Å². The first kappa shape index (κ1) is 13.9. The lowest BCUT2D eigenvalue weighted by molar-refractivity contribution is 0.0937. The standard InChI is InChI=1S/C15H19N3O3/c1-10-14(11(2)21-17-10)8-18-5-3-13(7-18)16-15(19)12-4-6-20-9-12/h4,6,9,13H,3,5,7-8H2,1-2H3,(H,16,19)/t13-/m1/s1. The lowest BCUT2D eigenvalue weighted by Crippen LogP contribution is -2.36. The number of nitrogens with zero attached hydrogens (tertiary/aromatic N) is 2. The predicted octanol–water partition coefficient (Wildman–Crippen LogP) is 1.89. The second-order valence-electron chi connectivity index (χ2n) is 5.51. The number of carbonyl (C=O) groups is 1. The van der Waals surface area contributed by atoms with Gasteiger partial charge in [0.25, 0.3) is 5.91 Å². The van der Waals surface area contributed by atoms with Gasteiger partial charge < -0.3 is 14.3 Å². The van der Waals surface area contributed by atoms with E-state index in [4.69, 9.17) is 8.94 Å². The van der Waals surface area contributed by atoms with Gasteiger partial charge in [0.15, 0.2) is 0 Å². The van der Waals surface area contributed by atoms with Gasteiger partial charge in [0, 0.05) is 31.2 Å². The van der Waals surface area contributed by atoms with Gasteiger partial charge >= 0.3 is 0 Å². The van der Waals surface area contributed by atoms with Crippen LogP contribution in [0.4, 0.5) is 0 Å². The summed E-state index contributed by atoms with van der Waals surface area (Å²) >= 11 is 0. The summed E-state index contributed by atoms with van der Waals surface area (Å²) in [6.45, 7) is 6.51. The Labute approximate surface area is 123 Å². The Bertz CT molecular complexity index is 599. The Morgan fingerprint density at radius 2 is 2.38 bits per heavy atom. The first-order valence-electron chi connectivity index (χ1n) is 7.10. The van der Waals surface area contributed by atoms with Crippen molar-refractivity contribution in [1.82, 2.24) is 15.4 Å². The summed E-state index contributed by atoms with van der Waals surface area (Å²) in [5, 5.41) is 7.02. The quantitative estimate of drug-likeness (QED) is 0.930. The van der Waals surface area contributed by atoms with E-state index in [1.54, 1.807) is 6.07 Å². The molecule has 6 heteroatoms. The Balaban J connectivity index is 1.55. The monoisotopic (exact) mass is 289 g/mol. The van der Waals surface area contributed by atoms with Crippen LogP contribution in [-0.2, 0) is 6.54 Å². The number of hydrogen-bond donors (Lipinski definition) is 1. The zero-order valence-corrected chi connectivity index (χ0v) is 12.3. The minimum Gasteiger partial charge on any atom is -0.472 e. The maximum Gasteiger partial charge on any atom is 0.254 e. The van der Waals surface area contributed by atoms with Gasteiger partial charge in [-0.3, -0.25) is 9.69 Å². The average molecular weight is 289 g/mol. The van der Waals surface area contributed by atoms with Crippen molar-refractivity contribution in [2.24, 2.45) is 0 Å². The Morgan fingerprint density at radius 1 is 1.52 bits per heavy atom. The molecule has 1 saturated heterocycles. The molecule has 1 aliphatic rings. The van der Waals surface area contributed by atoms with Crippen molar-refractivity contribution in [2.75, 3.05) is 13.1 Å². The molecule has 21 heavy (non-hydrogen) atoms. The first-order chi connectivity index (χ1) is 10.1. The summed E-state index contributed by atoms with van der Waals surface area (Å²) in [5.41, 5.74) is 2.66. The fourth-order valence-corrected chi connectivity index (χ4v) is 2.71. The van der Waals surface area contributed by atoms with Crippen LogP contribution in [0.25, 0.3) is 0 Å². The van der Waals surface area contributed by atoms with E-state index < -0.39 is 0 Å². The van der Waals surface area contributed by atoms with Gasteiger partial charge in [0.1, 0.15) is 12.0 Å². The van der Waals surface area contributed by atoms with Crippen LogP contribution in [0, 0.1) is 13.8 Å². The van der Waals surface area contributed by atoms with Gasteiger partial charge in [0.05, 0.1) is 17.5 Å². The third kappa shape index (κ3) is 3.00. The van der Waals surface area contributed by atoms with Crippen molar-refractivity contribution in [3.8, 4) is 0 Å². The highest BCUT2D eigenvalue weighted by Crippen LogP contribution is 2.19. The molecule has 2 aromatic rings. The molecule has 0 aliphatic carbocycles. The van der Waals surface area contributed by atoms with E-state index in [1.807, 2.05) is 13.8 Å². The summed E-state index contributed by atoms with van der Waals surface area (Å²) in [6.07, 6.45) is 3.92. The lowest BCUT2D eigenvalue weighted by atomic mass is 10.2. The molecular weight excluding hydrogens is 270 g/mol. The molecular formula is C15H19N3O3. The van der Waals surface area contributed by atoms with E-state index in [0.717, 1.165) is 43.1 Å². The van der Waals surface area contributed by atoms with E-state index >= 15 is 0 Å². The van der Waals surface area contributed by atoms with Gasteiger partial charge in [-0.15, -0.1) is 0 Å². The van der Waals surface area contributed by atoms with Crippen molar-refractivity contribution in [3.63, 3.8) is 0 Å². The Hall–Kier alpha value is -2.08. The molecule has 0 saturated carbocycles. The summed E-state index contributed by atoms with van der Waals surface area (Å²) in [7, 11) is 0. The van der Waals surface area contributed by atoms with Crippen molar-refractivity contribution in [2.45, 2.75) is 32.9 Å². The number of likely N-dealkylation sites (tertiary alicyclic amines) is 1. The Morgan fingerprint density at radius 3 is 3.05 bits per heavy atom. The lowest BCUT2D eigenvalue weighted by Gasteiger charge is -2.16. The highest BCUT2D eigenvalue weighted by atomic mass is 16.5. The molecule has 1 atom stereocenters. The molecule has 0 radical (unpaired) electrons. The van der Waals surface area contributed by atoms with Gasteiger partial charge in [-0.2, -0.15) is 0 Å². The van der Waals surface area contributed by atoms with Gasteiger partial charge in [-0.05, 0) is 26.3 Å². The molecule has 1 aliphatic heterocycles. The van der Waals surface area contributed by atoms with Gasteiger partial charge in [0.2, 0.25) is 0 Å². The minimum absolute atomic E-state index is 0.0760. The van der Waals surface area contributed by atoms with Crippen LogP contribution in [0.1, 0.15) is 33.8 Å².